The van der Waals surface area contributed by atoms with E-state index in [4.69, 9.17) is 5.73 Å². The summed E-state index contributed by atoms with van der Waals surface area (Å²) < 4.78 is 0. The maximum absolute atomic E-state index is 5.70. The Morgan fingerprint density at radius 2 is 2.08 bits per heavy atom. The van der Waals surface area contributed by atoms with Crippen molar-refractivity contribution < 1.29 is 0 Å². The summed E-state index contributed by atoms with van der Waals surface area (Å²) in [5, 5.41) is 0. The molecule has 1 aliphatic rings. The van der Waals surface area contributed by atoms with Crippen molar-refractivity contribution in [3.63, 3.8) is 0 Å². The Bertz CT molecular complexity index is 318. The second-order valence-electron chi connectivity index (χ2n) is 3.25. The molecule has 0 spiro atoms. The molecule has 1 aromatic carbocycles. The van der Waals surface area contributed by atoms with Gasteiger partial charge in [0.05, 0.1) is 0 Å². The highest BCUT2D eigenvalue weighted by atomic mass is 35.5. The van der Waals surface area contributed by atoms with Crippen LogP contribution in [0, 0.1) is 0 Å². The summed E-state index contributed by atoms with van der Waals surface area (Å²) in [4.78, 5) is 0. The summed E-state index contributed by atoms with van der Waals surface area (Å²) in [7, 11) is 0. The van der Waals surface area contributed by atoms with Crippen LogP contribution < -0.4 is 5.73 Å². The minimum Gasteiger partial charge on any atom is -0.399 e. The number of fused-ring (bicyclic) bond motifs is 1. The molecule has 1 aromatic rings. The molecule has 13 heavy (non-hydrogen) atoms. The standard InChI is InChI=1S/C11H13N.ClH/c12-11-7-6-9-4-2-1-3-5-10(9)8-11;/h3,5-8H,1-2,4,12H2;1H. The first kappa shape index (κ1) is 10.1. The van der Waals surface area contributed by atoms with Gasteiger partial charge in [-0.3, -0.25) is 0 Å². The lowest BCUT2D eigenvalue weighted by Crippen LogP contribution is -1.90. The average Bonchev–Trinajstić information content (AvgIpc) is 2.28. The quantitative estimate of drug-likeness (QED) is 0.633. The number of aryl methyl sites for hydroxylation is 1. The van der Waals surface area contributed by atoms with E-state index >= 15 is 0 Å². The van der Waals surface area contributed by atoms with Crippen LogP contribution >= 0.6 is 12.4 Å². The van der Waals surface area contributed by atoms with Crippen molar-refractivity contribution in [2.24, 2.45) is 0 Å². The van der Waals surface area contributed by atoms with Gasteiger partial charge in [0.25, 0.3) is 0 Å². The number of nitrogens with two attached hydrogens (primary N) is 1. The van der Waals surface area contributed by atoms with E-state index in [1.165, 1.54) is 30.4 Å². The zero-order valence-electron chi connectivity index (χ0n) is 7.49. The van der Waals surface area contributed by atoms with Crippen LogP contribution in [0.3, 0.4) is 0 Å². The van der Waals surface area contributed by atoms with Crippen LogP contribution in [0.2, 0.25) is 0 Å². The predicted octanol–water partition coefficient (Wildman–Crippen LogP) is 3.04. The van der Waals surface area contributed by atoms with Crippen molar-refractivity contribution in [2.75, 3.05) is 5.73 Å². The van der Waals surface area contributed by atoms with Crippen LogP contribution in [0.5, 0.6) is 0 Å². The van der Waals surface area contributed by atoms with Crippen LogP contribution in [0.1, 0.15) is 24.0 Å². The molecule has 0 fully saturated rings. The zero-order valence-corrected chi connectivity index (χ0v) is 8.31. The van der Waals surface area contributed by atoms with Crippen LogP contribution in [-0.4, -0.2) is 0 Å². The van der Waals surface area contributed by atoms with Gasteiger partial charge in [0.2, 0.25) is 0 Å². The summed E-state index contributed by atoms with van der Waals surface area (Å²) in [6.45, 7) is 0. The number of halogens is 1. The van der Waals surface area contributed by atoms with Crippen LogP contribution in [0.15, 0.2) is 24.3 Å². The van der Waals surface area contributed by atoms with Gasteiger partial charge in [0.15, 0.2) is 0 Å². The summed E-state index contributed by atoms with van der Waals surface area (Å²) in [6, 6.07) is 6.18. The van der Waals surface area contributed by atoms with Crippen molar-refractivity contribution in [2.45, 2.75) is 19.3 Å². The lowest BCUT2D eigenvalue weighted by Gasteiger charge is -2.03. The summed E-state index contributed by atoms with van der Waals surface area (Å²) in [5.41, 5.74) is 9.29. The molecule has 0 aromatic heterocycles. The molecule has 0 bridgehead atoms. The van der Waals surface area contributed by atoms with Gasteiger partial charge in [0, 0.05) is 5.69 Å². The summed E-state index contributed by atoms with van der Waals surface area (Å²) in [6.07, 6.45) is 8.04. The van der Waals surface area contributed by atoms with Gasteiger partial charge in [0.1, 0.15) is 0 Å². The Balaban J connectivity index is 0.000000845. The lowest BCUT2D eigenvalue weighted by molar-refractivity contribution is 0.852. The van der Waals surface area contributed by atoms with Crippen molar-refractivity contribution in [1.29, 1.82) is 0 Å². The number of allylic oxidation sites excluding steroid dienone is 1. The monoisotopic (exact) mass is 195 g/mol. The van der Waals surface area contributed by atoms with E-state index in [0.717, 1.165) is 5.69 Å². The van der Waals surface area contributed by atoms with E-state index in [2.05, 4.69) is 24.3 Å². The summed E-state index contributed by atoms with van der Waals surface area (Å²) in [5.74, 6) is 0. The second kappa shape index (κ2) is 4.33. The lowest BCUT2D eigenvalue weighted by atomic mass is 10.0. The van der Waals surface area contributed by atoms with Gasteiger partial charge in [-0.1, -0.05) is 18.2 Å². The number of hydrogen-bond acceptors (Lipinski definition) is 1. The molecule has 70 valence electrons. The molecule has 0 heterocycles. The predicted molar refractivity (Wildman–Crippen MR) is 60.1 cm³/mol. The fourth-order valence-electron chi connectivity index (χ4n) is 1.62. The van der Waals surface area contributed by atoms with Crippen LogP contribution in [0.4, 0.5) is 5.69 Å². The number of anilines is 1. The number of rotatable bonds is 0. The first-order valence-electron chi connectivity index (χ1n) is 4.41. The van der Waals surface area contributed by atoms with E-state index < -0.39 is 0 Å². The van der Waals surface area contributed by atoms with Crippen molar-refractivity contribution in [1.82, 2.24) is 0 Å². The molecule has 0 radical (unpaired) electrons. The molecule has 2 N–H and O–H groups in total. The zero-order chi connectivity index (χ0) is 8.39. The molecule has 0 atom stereocenters. The third-order valence-corrected chi connectivity index (χ3v) is 2.28. The minimum absolute atomic E-state index is 0. The Morgan fingerprint density at radius 3 is 2.92 bits per heavy atom. The molecular formula is C11H14ClN. The molecule has 2 rings (SSSR count). The van der Waals surface area contributed by atoms with Gasteiger partial charge < -0.3 is 5.73 Å². The first-order chi connectivity index (χ1) is 5.86. The molecule has 2 heteroatoms. The molecule has 0 amide bonds. The fraction of sp³-hybridized carbons (Fsp3) is 0.273. The third-order valence-electron chi connectivity index (χ3n) is 2.28. The Morgan fingerprint density at radius 1 is 1.23 bits per heavy atom. The number of benzene rings is 1. The Hall–Kier alpha value is -0.950. The molecule has 0 unspecified atom stereocenters. The minimum atomic E-state index is 0. The third kappa shape index (κ3) is 2.25. The van der Waals surface area contributed by atoms with E-state index in [1.807, 2.05) is 6.07 Å². The number of nitrogen functional groups attached to an aromatic ring is 1. The van der Waals surface area contributed by atoms with Gasteiger partial charge in [-0.15, -0.1) is 12.4 Å². The van der Waals surface area contributed by atoms with Crippen LogP contribution in [0.25, 0.3) is 6.08 Å². The molecule has 0 saturated heterocycles. The highest BCUT2D eigenvalue weighted by Gasteiger charge is 2.02. The maximum atomic E-state index is 5.70. The topological polar surface area (TPSA) is 26.0 Å². The van der Waals surface area contributed by atoms with Gasteiger partial charge >= 0.3 is 0 Å². The molecule has 0 saturated carbocycles. The van der Waals surface area contributed by atoms with E-state index in [0.29, 0.717) is 0 Å². The first-order valence-corrected chi connectivity index (χ1v) is 4.41. The highest BCUT2D eigenvalue weighted by Crippen LogP contribution is 2.20. The van der Waals surface area contributed by atoms with Crippen molar-refractivity contribution >= 4 is 24.2 Å². The maximum Gasteiger partial charge on any atom is 0.0320 e. The van der Waals surface area contributed by atoms with Gasteiger partial charge in [-0.05, 0) is 42.5 Å². The van der Waals surface area contributed by atoms with Gasteiger partial charge in [-0.2, -0.15) is 0 Å². The highest BCUT2D eigenvalue weighted by molar-refractivity contribution is 5.85. The largest absolute Gasteiger partial charge is 0.399 e. The van der Waals surface area contributed by atoms with Gasteiger partial charge in [-0.25, -0.2) is 0 Å². The Labute approximate surface area is 85.1 Å². The van der Waals surface area contributed by atoms with Crippen molar-refractivity contribution in [3.8, 4) is 0 Å². The summed E-state index contributed by atoms with van der Waals surface area (Å²) >= 11 is 0. The molecular weight excluding hydrogens is 182 g/mol. The Kier molecular flexibility index (Phi) is 3.38. The fourth-order valence-corrected chi connectivity index (χ4v) is 1.62. The SMILES string of the molecule is Cl.Nc1ccc2c(c1)C=CCCC2. The molecule has 1 aliphatic carbocycles. The van der Waals surface area contributed by atoms with E-state index in [9.17, 15) is 0 Å². The van der Waals surface area contributed by atoms with Crippen molar-refractivity contribution in [3.05, 3.63) is 35.4 Å². The van der Waals surface area contributed by atoms with E-state index in [1.54, 1.807) is 0 Å². The number of hydrogen-bond donors (Lipinski definition) is 1. The molecule has 1 nitrogen and oxygen atoms in total. The smallest absolute Gasteiger partial charge is 0.0320 e. The molecule has 0 aliphatic heterocycles. The van der Waals surface area contributed by atoms with E-state index in [-0.39, 0.29) is 12.4 Å². The second-order valence-corrected chi connectivity index (χ2v) is 3.25. The van der Waals surface area contributed by atoms with Crippen LogP contribution in [-0.2, 0) is 6.42 Å². The normalized spacial score (nSPS) is 14.2. The average molecular weight is 196 g/mol.